The van der Waals surface area contributed by atoms with E-state index in [-0.39, 0.29) is 5.60 Å². The van der Waals surface area contributed by atoms with Crippen molar-refractivity contribution in [3.8, 4) is 6.07 Å². The summed E-state index contributed by atoms with van der Waals surface area (Å²) in [7, 11) is 1.86. The van der Waals surface area contributed by atoms with Crippen LogP contribution in [0.25, 0.3) is 0 Å². The van der Waals surface area contributed by atoms with Crippen molar-refractivity contribution in [3.63, 3.8) is 0 Å². The molecule has 4 fully saturated rings. The number of methoxy groups -OCH3 is 1. The van der Waals surface area contributed by atoms with Gasteiger partial charge >= 0.3 is 0 Å². The van der Waals surface area contributed by atoms with E-state index in [0.29, 0.717) is 34.8 Å². The monoisotopic (exact) mass is 467 g/mol. The van der Waals surface area contributed by atoms with E-state index in [9.17, 15) is 10.4 Å². The molecular formula is C29H45N3O2. The Balaban J connectivity index is 1.40. The second kappa shape index (κ2) is 8.34. The number of aromatic nitrogens is 2. The third kappa shape index (κ3) is 3.58. The van der Waals surface area contributed by atoms with Crippen LogP contribution >= 0.6 is 0 Å². The van der Waals surface area contributed by atoms with E-state index in [4.69, 9.17) is 4.74 Å². The summed E-state index contributed by atoms with van der Waals surface area (Å²) in [4.78, 5) is 0. The SMILES string of the molecule is CC[C@]12CC[C@@](C)(O)C[C@H]1CC[C@H]1[C@@H]3CC[C@H](C(C)(Cn4cc(C#N)cn4)OC)[C@@]3(C)CC[C@@H]12. The Morgan fingerprint density at radius 3 is 2.65 bits per heavy atom. The minimum Gasteiger partial charge on any atom is -0.390 e. The molecule has 0 saturated heterocycles. The molecule has 4 aliphatic carbocycles. The summed E-state index contributed by atoms with van der Waals surface area (Å²) in [6.07, 6.45) is 15.8. The molecule has 34 heavy (non-hydrogen) atoms. The number of hydrogen-bond acceptors (Lipinski definition) is 4. The molecule has 0 spiro atoms. The molecule has 0 amide bonds. The quantitative estimate of drug-likeness (QED) is 0.580. The van der Waals surface area contributed by atoms with Crippen LogP contribution in [0.5, 0.6) is 0 Å². The molecule has 4 saturated carbocycles. The molecule has 188 valence electrons. The summed E-state index contributed by atoms with van der Waals surface area (Å²) in [6, 6.07) is 2.20. The van der Waals surface area contributed by atoms with Crippen molar-refractivity contribution in [3.05, 3.63) is 18.0 Å². The summed E-state index contributed by atoms with van der Waals surface area (Å²) >= 11 is 0. The topological polar surface area (TPSA) is 71.1 Å². The number of rotatable bonds is 5. The van der Waals surface area contributed by atoms with Crippen LogP contribution in [0.1, 0.15) is 97.5 Å². The van der Waals surface area contributed by atoms with Crippen LogP contribution in [-0.2, 0) is 11.3 Å². The zero-order valence-electron chi connectivity index (χ0n) is 22.0. The molecule has 5 nitrogen and oxygen atoms in total. The maximum atomic E-state index is 10.9. The Bertz CT molecular complexity index is 949. The van der Waals surface area contributed by atoms with Gasteiger partial charge in [-0.05, 0) is 118 Å². The minimum atomic E-state index is -0.462. The molecule has 0 bridgehead atoms. The zero-order valence-corrected chi connectivity index (χ0v) is 22.0. The number of aliphatic hydroxyl groups is 1. The predicted molar refractivity (Wildman–Crippen MR) is 133 cm³/mol. The van der Waals surface area contributed by atoms with E-state index in [1.54, 1.807) is 6.20 Å². The fourth-order valence-electron chi connectivity index (χ4n) is 10.1. The van der Waals surface area contributed by atoms with Gasteiger partial charge in [0.2, 0.25) is 0 Å². The van der Waals surface area contributed by atoms with Crippen LogP contribution in [0.2, 0.25) is 0 Å². The minimum absolute atomic E-state index is 0.291. The Hall–Kier alpha value is -1.38. The van der Waals surface area contributed by atoms with E-state index in [1.165, 1.54) is 51.4 Å². The van der Waals surface area contributed by atoms with Crippen molar-refractivity contribution >= 4 is 0 Å². The van der Waals surface area contributed by atoms with Crippen molar-refractivity contribution in [2.24, 2.45) is 40.4 Å². The van der Waals surface area contributed by atoms with Gasteiger partial charge in [0, 0.05) is 13.3 Å². The van der Waals surface area contributed by atoms with Gasteiger partial charge in [-0.3, -0.25) is 4.68 Å². The Kier molecular flexibility index (Phi) is 5.97. The first-order valence-electron chi connectivity index (χ1n) is 13.8. The standard InChI is InChI=1S/C29H45N3O2/c1-6-29-14-13-26(2,33)15-21(29)7-8-22-23-9-10-25(27(23,3)12-11-24(22)29)28(4,34-5)19-32-18-20(16-30)17-31-32/h17-18,21-25,33H,6-15,19H2,1-5H3/t21-,22+,23+,24+,25+,26-,27+,28?,29+/m1/s1. The molecule has 1 unspecified atom stereocenters. The van der Waals surface area contributed by atoms with Crippen molar-refractivity contribution < 1.29 is 9.84 Å². The summed E-state index contributed by atoms with van der Waals surface area (Å²) in [6.45, 7) is 10.1. The van der Waals surface area contributed by atoms with Gasteiger partial charge in [-0.2, -0.15) is 10.4 Å². The summed E-state index contributed by atoms with van der Waals surface area (Å²) in [5.41, 5.74) is 0.591. The molecule has 5 heteroatoms. The Morgan fingerprint density at radius 1 is 1.18 bits per heavy atom. The predicted octanol–water partition coefficient (Wildman–Crippen LogP) is 5.96. The molecule has 1 aromatic heterocycles. The van der Waals surface area contributed by atoms with E-state index in [0.717, 1.165) is 30.6 Å². The van der Waals surface area contributed by atoms with Crippen molar-refractivity contribution in [2.75, 3.05) is 7.11 Å². The normalized spacial score (nSPS) is 45.5. The number of nitrogens with zero attached hydrogens (tertiary/aromatic N) is 3. The molecule has 1 heterocycles. The van der Waals surface area contributed by atoms with Crippen LogP contribution in [0.4, 0.5) is 0 Å². The van der Waals surface area contributed by atoms with E-state index >= 15 is 0 Å². The molecular weight excluding hydrogens is 422 g/mol. The molecule has 5 rings (SSSR count). The van der Waals surface area contributed by atoms with Gasteiger partial charge in [0.05, 0.1) is 29.5 Å². The Morgan fingerprint density at radius 2 is 1.97 bits per heavy atom. The third-order valence-corrected chi connectivity index (χ3v) is 11.8. The number of fused-ring (bicyclic) bond motifs is 5. The second-order valence-corrected chi connectivity index (χ2v) is 13.2. The molecule has 1 N–H and O–H groups in total. The highest BCUT2D eigenvalue weighted by Gasteiger charge is 2.63. The van der Waals surface area contributed by atoms with E-state index in [2.05, 4.69) is 38.9 Å². The average Bonchev–Trinajstić information content (AvgIpc) is 3.41. The first-order chi connectivity index (χ1) is 16.1. The van der Waals surface area contributed by atoms with E-state index in [1.807, 2.05) is 18.0 Å². The van der Waals surface area contributed by atoms with Crippen molar-refractivity contribution in [1.29, 1.82) is 5.26 Å². The summed E-state index contributed by atoms with van der Waals surface area (Å²) < 4.78 is 8.21. The van der Waals surface area contributed by atoms with Gasteiger partial charge in [-0.15, -0.1) is 0 Å². The summed E-state index contributed by atoms with van der Waals surface area (Å²) in [5.74, 6) is 3.60. The fraction of sp³-hybridized carbons (Fsp3) is 0.862. The Labute approximate surface area is 206 Å². The maximum Gasteiger partial charge on any atom is 0.102 e. The van der Waals surface area contributed by atoms with Gasteiger partial charge < -0.3 is 9.84 Å². The highest BCUT2D eigenvalue weighted by molar-refractivity contribution is 5.22. The number of hydrogen-bond donors (Lipinski definition) is 1. The third-order valence-electron chi connectivity index (χ3n) is 11.8. The van der Waals surface area contributed by atoms with Crippen LogP contribution in [-0.4, -0.2) is 33.2 Å². The lowest BCUT2D eigenvalue weighted by atomic mass is 9.42. The fourth-order valence-corrected chi connectivity index (χ4v) is 10.1. The molecule has 4 aliphatic rings. The lowest BCUT2D eigenvalue weighted by Crippen LogP contribution is -2.57. The number of nitriles is 1. The van der Waals surface area contributed by atoms with Crippen LogP contribution in [0.15, 0.2) is 12.4 Å². The maximum absolute atomic E-state index is 10.9. The van der Waals surface area contributed by atoms with Crippen molar-refractivity contribution in [1.82, 2.24) is 9.78 Å². The van der Waals surface area contributed by atoms with Gasteiger partial charge in [0.15, 0.2) is 0 Å². The lowest BCUT2D eigenvalue weighted by Gasteiger charge is -2.63. The molecule has 1 aromatic rings. The highest BCUT2D eigenvalue weighted by Crippen LogP contribution is 2.70. The second-order valence-electron chi connectivity index (χ2n) is 13.2. The van der Waals surface area contributed by atoms with E-state index < -0.39 is 5.60 Å². The first-order valence-corrected chi connectivity index (χ1v) is 13.8. The lowest BCUT2D eigenvalue weighted by molar-refractivity contribution is -0.170. The van der Waals surface area contributed by atoms with Crippen molar-refractivity contribution in [2.45, 2.75) is 110 Å². The largest absolute Gasteiger partial charge is 0.390 e. The molecule has 9 atom stereocenters. The van der Waals surface area contributed by atoms with Gasteiger partial charge in [-0.25, -0.2) is 0 Å². The number of ether oxygens (including phenoxy) is 1. The molecule has 0 aromatic carbocycles. The van der Waals surface area contributed by atoms with Gasteiger partial charge in [-0.1, -0.05) is 13.8 Å². The first kappa shape index (κ1) is 24.3. The smallest absolute Gasteiger partial charge is 0.102 e. The van der Waals surface area contributed by atoms with Crippen LogP contribution in [0, 0.1) is 51.8 Å². The summed E-state index contributed by atoms with van der Waals surface area (Å²) in [5, 5.41) is 24.5. The molecule has 0 radical (unpaired) electrons. The molecule has 0 aliphatic heterocycles. The van der Waals surface area contributed by atoms with Gasteiger partial charge in [0.25, 0.3) is 0 Å². The average molecular weight is 468 g/mol. The highest BCUT2D eigenvalue weighted by atomic mass is 16.5. The van der Waals surface area contributed by atoms with Gasteiger partial charge in [0.1, 0.15) is 6.07 Å². The van der Waals surface area contributed by atoms with Crippen LogP contribution in [0.3, 0.4) is 0 Å². The zero-order chi connectivity index (χ0) is 24.4. The van der Waals surface area contributed by atoms with Crippen LogP contribution < -0.4 is 0 Å².